The van der Waals surface area contributed by atoms with E-state index in [4.69, 9.17) is 0 Å². The van der Waals surface area contributed by atoms with Crippen molar-refractivity contribution >= 4 is 11.9 Å². The van der Waals surface area contributed by atoms with Gasteiger partial charge >= 0.3 is 0 Å². The van der Waals surface area contributed by atoms with Gasteiger partial charge in [-0.25, -0.2) is 4.68 Å². The first kappa shape index (κ1) is 13.0. The van der Waals surface area contributed by atoms with Crippen LogP contribution < -0.4 is 4.90 Å². The molecule has 0 bridgehead atoms. The second-order valence-electron chi connectivity index (χ2n) is 5.69. The Morgan fingerprint density at radius 2 is 1.82 bits per heavy atom. The van der Waals surface area contributed by atoms with Crippen LogP contribution in [0.4, 0.5) is 5.95 Å². The molecule has 0 aliphatic carbocycles. The van der Waals surface area contributed by atoms with Crippen molar-refractivity contribution in [3.63, 3.8) is 0 Å². The minimum Gasteiger partial charge on any atom is -0.330 e. The van der Waals surface area contributed by atoms with Crippen LogP contribution in [0.25, 0.3) is 0 Å². The molecule has 2 aliphatic heterocycles. The van der Waals surface area contributed by atoms with Crippen molar-refractivity contribution in [1.29, 1.82) is 0 Å². The topological polar surface area (TPSA) is 67.2 Å². The van der Waals surface area contributed by atoms with Crippen molar-refractivity contribution < 1.29 is 4.79 Å². The zero-order valence-electron chi connectivity index (χ0n) is 12.5. The van der Waals surface area contributed by atoms with Gasteiger partial charge in [-0.1, -0.05) is 29.4 Å². The van der Waals surface area contributed by atoms with E-state index in [0.717, 1.165) is 11.3 Å². The van der Waals surface area contributed by atoms with E-state index in [9.17, 15) is 4.79 Å². The Bertz CT molecular complexity index is 768. The number of allylic oxidation sites excluding steroid dienone is 1. The lowest BCUT2D eigenvalue weighted by Gasteiger charge is -2.28. The molecule has 0 saturated carbocycles. The molecule has 2 aliphatic rings. The summed E-state index contributed by atoms with van der Waals surface area (Å²) in [5, 5.41) is 11.6. The number of amides is 1. The summed E-state index contributed by atoms with van der Waals surface area (Å²) in [5.41, 5.74) is 4.10. The number of hydrogen-bond donors (Lipinski definition) is 0. The van der Waals surface area contributed by atoms with Gasteiger partial charge < -0.3 is 9.80 Å². The van der Waals surface area contributed by atoms with Crippen molar-refractivity contribution in [2.45, 2.75) is 26.6 Å². The van der Waals surface area contributed by atoms with E-state index in [-0.39, 0.29) is 5.91 Å². The van der Waals surface area contributed by atoms with E-state index in [1.54, 1.807) is 4.68 Å². The monoisotopic (exact) mass is 296 g/mol. The van der Waals surface area contributed by atoms with Gasteiger partial charge in [-0.15, -0.1) is 0 Å². The molecule has 2 aromatic rings. The second kappa shape index (κ2) is 4.66. The molecule has 4 rings (SSSR count). The average molecular weight is 296 g/mol. The quantitative estimate of drug-likeness (QED) is 0.783. The highest BCUT2D eigenvalue weighted by atomic mass is 16.2. The molecule has 1 aromatic carbocycles. The summed E-state index contributed by atoms with van der Waals surface area (Å²) in [4.78, 5) is 16.7. The second-order valence-corrected chi connectivity index (χ2v) is 5.69. The van der Waals surface area contributed by atoms with Gasteiger partial charge in [0.25, 0.3) is 5.91 Å². The Balaban J connectivity index is 1.63. The van der Waals surface area contributed by atoms with Gasteiger partial charge in [0.15, 0.2) is 0 Å². The van der Waals surface area contributed by atoms with E-state index in [0.29, 0.717) is 25.6 Å². The zero-order chi connectivity index (χ0) is 15.3. The summed E-state index contributed by atoms with van der Waals surface area (Å²) in [6.45, 7) is 3.69. The Hall–Kier alpha value is -2.70. The van der Waals surface area contributed by atoms with Crippen LogP contribution in [-0.2, 0) is 24.4 Å². The molecule has 112 valence electrons. The SMILES string of the molecule is CC1=C(C(=O)N2Cc3ccccc3C2)Cn2nnnc2N1C. The summed E-state index contributed by atoms with van der Waals surface area (Å²) in [6.07, 6.45) is 0. The summed E-state index contributed by atoms with van der Waals surface area (Å²) < 4.78 is 1.66. The zero-order valence-corrected chi connectivity index (χ0v) is 12.5. The van der Waals surface area contributed by atoms with Crippen molar-refractivity contribution in [3.8, 4) is 0 Å². The van der Waals surface area contributed by atoms with Gasteiger partial charge in [-0.05, 0) is 28.5 Å². The molecular weight excluding hydrogens is 280 g/mol. The fourth-order valence-corrected chi connectivity index (χ4v) is 3.05. The molecule has 0 atom stereocenters. The predicted molar refractivity (Wildman–Crippen MR) is 79.6 cm³/mol. The van der Waals surface area contributed by atoms with Crippen LogP contribution in [0, 0.1) is 0 Å². The summed E-state index contributed by atoms with van der Waals surface area (Å²) in [6, 6.07) is 8.19. The van der Waals surface area contributed by atoms with Crippen LogP contribution in [0.2, 0.25) is 0 Å². The van der Waals surface area contributed by atoms with E-state index in [1.807, 2.05) is 35.9 Å². The molecule has 0 unspecified atom stereocenters. The third kappa shape index (κ3) is 1.82. The first-order valence-electron chi connectivity index (χ1n) is 7.21. The van der Waals surface area contributed by atoms with Gasteiger partial charge in [-0.2, -0.15) is 0 Å². The first-order chi connectivity index (χ1) is 10.6. The molecule has 0 spiro atoms. The molecule has 0 radical (unpaired) electrons. The maximum atomic E-state index is 12.9. The first-order valence-corrected chi connectivity index (χ1v) is 7.21. The number of fused-ring (bicyclic) bond motifs is 2. The van der Waals surface area contributed by atoms with Crippen molar-refractivity contribution in [3.05, 3.63) is 46.7 Å². The van der Waals surface area contributed by atoms with Crippen LogP contribution in [0.15, 0.2) is 35.5 Å². The molecule has 1 amide bonds. The number of anilines is 1. The van der Waals surface area contributed by atoms with Crippen molar-refractivity contribution in [2.24, 2.45) is 0 Å². The lowest BCUT2D eigenvalue weighted by atomic mass is 10.1. The van der Waals surface area contributed by atoms with Gasteiger partial charge in [-0.3, -0.25) is 4.79 Å². The Morgan fingerprint density at radius 3 is 2.50 bits per heavy atom. The van der Waals surface area contributed by atoms with Gasteiger partial charge in [0.05, 0.1) is 12.1 Å². The standard InChI is InChI=1S/C15H16N6O/c1-10-13(9-21-15(19(10)2)16-17-18-21)14(22)20-7-11-5-3-4-6-12(11)8-20/h3-6H,7-9H2,1-2H3. The lowest BCUT2D eigenvalue weighted by Crippen LogP contribution is -2.35. The van der Waals surface area contributed by atoms with Gasteiger partial charge in [0.1, 0.15) is 0 Å². The number of tetrazole rings is 1. The van der Waals surface area contributed by atoms with Crippen molar-refractivity contribution in [1.82, 2.24) is 25.1 Å². The number of aromatic nitrogens is 4. The fraction of sp³-hybridized carbons (Fsp3) is 0.333. The van der Waals surface area contributed by atoms with E-state index in [2.05, 4.69) is 27.7 Å². The molecule has 22 heavy (non-hydrogen) atoms. The van der Waals surface area contributed by atoms with Crippen LogP contribution in [0.5, 0.6) is 0 Å². The third-order valence-electron chi connectivity index (χ3n) is 4.45. The van der Waals surface area contributed by atoms with E-state index in [1.165, 1.54) is 11.1 Å². The highest BCUT2D eigenvalue weighted by Gasteiger charge is 2.31. The predicted octanol–water partition coefficient (Wildman–Crippen LogP) is 0.939. The molecule has 0 saturated heterocycles. The highest BCUT2D eigenvalue weighted by Crippen LogP contribution is 2.28. The number of benzene rings is 1. The normalized spacial score (nSPS) is 16.8. The Kier molecular flexibility index (Phi) is 2.75. The summed E-state index contributed by atoms with van der Waals surface area (Å²) in [7, 11) is 1.88. The van der Waals surface area contributed by atoms with E-state index < -0.39 is 0 Å². The summed E-state index contributed by atoms with van der Waals surface area (Å²) >= 11 is 0. The molecular formula is C15H16N6O. The molecule has 0 N–H and O–H groups in total. The molecule has 3 heterocycles. The van der Waals surface area contributed by atoms with Crippen LogP contribution in [-0.4, -0.2) is 38.1 Å². The maximum absolute atomic E-state index is 12.9. The fourth-order valence-electron chi connectivity index (χ4n) is 3.05. The molecule has 7 nitrogen and oxygen atoms in total. The molecule has 7 heteroatoms. The lowest BCUT2D eigenvalue weighted by molar-refractivity contribution is -0.128. The molecule has 0 fully saturated rings. The van der Waals surface area contributed by atoms with Gasteiger partial charge in [0.2, 0.25) is 5.95 Å². The number of rotatable bonds is 1. The Labute approximate surface area is 127 Å². The highest BCUT2D eigenvalue weighted by molar-refractivity contribution is 5.95. The maximum Gasteiger partial charge on any atom is 0.254 e. The van der Waals surface area contributed by atoms with Gasteiger partial charge in [0, 0.05) is 25.8 Å². The van der Waals surface area contributed by atoms with Crippen LogP contribution in [0.1, 0.15) is 18.1 Å². The minimum absolute atomic E-state index is 0.0571. The third-order valence-corrected chi connectivity index (χ3v) is 4.45. The van der Waals surface area contributed by atoms with Crippen LogP contribution in [0.3, 0.4) is 0 Å². The Morgan fingerprint density at radius 1 is 1.14 bits per heavy atom. The summed E-state index contributed by atoms with van der Waals surface area (Å²) in [5.74, 6) is 0.723. The van der Waals surface area contributed by atoms with E-state index >= 15 is 0 Å². The number of carbonyl (C=O) groups is 1. The minimum atomic E-state index is 0.0571. The number of carbonyl (C=O) groups excluding carboxylic acids is 1. The number of nitrogens with zero attached hydrogens (tertiary/aromatic N) is 6. The largest absolute Gasteiger partial charge is 0.330 e. The smallest absolute Gasteiger partial charge is 0.254 e. The number of hydrogen-bond acceptors (Lipinski definition) is 5. The average Bonchev–Trinajstić information content (AvgIpc) is 3.16. The van der Waals surface area contributed by atoms with Crippen molar-refractivity contribution in [2.75, 3.05) is 11.9 Å². The van der Waals surface area contributed by atoms with Crippen LogP contribution >= 0.6 is 0 Å². The molecule has 1 aromatic heterocycles.